The van der Waals surface area contributed by atoms with E-state index in [1.807, 2.05) is 6.20 Å². The molecular formula is C16H25N2+. The van der Waals surface area contributed by atoms with Crippen LogP contribution in [0.2, 0.25) is 0 Å². The van der Waals surface area contributed by atoms with Gasteiger partial charge in [0.05, 0.1) is 19.1 Å². The Morgan fingerprint density at radius 3 is 2.56 bits per heavy atom. The Labute approximate surface area is 111 Å². The summed E-state index contributed by atoms with van der Waals surface area (Å²) in [5.41, 5.74) is 1.47. The number of aromatic nitrogens is 1. The topological polar surface area (TPSA) is 12.9 Å². The van der Waals surface area contributed by atoms with E-state index in [0.29, 0.717) is 6.04 Å². The molecule has 1 unspecified atom stereocenters. The third-order valence-corrected chi connectivity index (χ3v) is 5.47. The third-order valence-electron chi connectivity index (χ3n) is 5.47. The summed E-state index contributed by atoms with van der Waals surface area (Å²) in [6.07, 6.45) is 9.66. The first-order valence-corrected chi connectivity index (χ1v) is 7.49. The van der Waals surface area contributed by atoms with Crippen molar-refractivity contribution in [3.63, 3.8) is 0 Å². The minimum atomic E-state index is 0.686. The van der Waals surface area contributed by atoms with E-state index in [1.54, 1.807) is 0 Å². The van der Waals surface area contributed by atoms with E-state index in [4.69, 9.17) is 0 Å². The molecule has 1 aromatic rings. The van der Waals surface area contributed by atoms with E-state index >= 15 is 0 Å². The lowest BCUT2D eigenvalue weighted by Crippen LogP contribution is -2.57. The van der Waals surface area contributed by atoms with E-state index in [9.17, 15) is 0 Å². The number of fused-ring (bicyclic) bond motifs is 4. The van der Waals surface area contributed by atoms with Crippen LogP contribution in [0, 0.1) is 5.92 Å². The number of piperidine rings is 1. The number of quaternary nitrogens is 1. The summed E-state index contributed by atoms with van der Waals surface area (Å²) in [5.74, 6) is 0.997. The van der Waals surface area contributed by atoms with Crippen molar-refractivity contribution >= 4 is 0 Å². The minimum absolute atomic E-state index is 0.686. The fraction of sp³-hybridized carbons (Fsp3) is 0.688. The Morgan fingerprint density at radius 2 is 1.94 bits per heavy atom. The maximum absolute atomic E-state index is 4.35. The van der Waals surface area contributed by atoms with Crippen molar-refractivity contribution in [1.29, 1.82) is 0 Å². The van der Waals surface area contributed by atoms with E-state index in [1.165, 1.54) is 48.8 Å². The standard InChI is InChI=1S/C16H25N2/c1-13(2)18-10-7-14(8-11-18)5-6-16(18)15-4-3-9-17-12-15/h3-4,9,12-14,16H,5-8,10-11H2,1-2H3/q+1. The zero-order chi connectivity index (χ0) is 12.6. The van der Waals surface area contributed by atoms with Crippen LogP contribution in [0.4, 0.5) is 0 Å². The molecule has 18 heavy (non-hydrogen) atoms. The van der Waals surface area contributed by atoms with E-state index in [0.717, 1.165) is 12.0 Å². The Morgan fingerprint density at radius 1 is 1.17 bits per heavy atom. The lowest BCUT2D eigenvalue weighted by Gasteiger charge is -2.49. The molecule has 0 amide bonds. The maximum Gasteiger partial charge on any atom is 0.116 e. The number of rotatable bonds is 2. The van der Waals surface area contributed by atoms with Gasteiger partial charge in [0.15, 0.2) is 0 Å². The highest BCUT2D eigenvalue weighted by molar-refractivity contribution is 5.13. The van der Waals surface area contributed by atoms with E-state index < -0.39 is 0 Å². The number of hydrogen-bond acceptors (Lipinski definition) is 1. The van der Waals surface area contributed by atoms with Gasteiger partial charge in [-0.25, -0.2) is 0 Å². The van der Waals surface area contributed by atoms with E-state index in [2.05, 4.69) is 37.2 Å². The normalized spacial score (nSPS) is 35.7. The van der Waals surface area contributed by atoms with Crippen LogP contribution in [0.1, 0.15) is 51.1 Å². The molecular weight excluding hydrogens is 220 g/mol. The molecule has 0 aromatic carbocycles. The van der Waals surface area contributed by atoms with Gasteiger partial charge in [0, 0.05) is 24.4 Å². The van der Waals surface area contributed by atoms with Gasteiger partial charge in [0.25, 0.3) is 0 Å². The van der Waals surface area contributed by atoms with Crippen molar-refractivity contribution in [3.8, 4) is 0 Å². The fourth-order valence-corrected chi connectivity index (χ4v) is 4.27. The molecule has 3 saturated heterocycles. The molecule has 2 nitrogen and oxygen atoms in total. The fourth-order valence-electron chi connectivity index (χ4n) is 4.27. The summed E-state index contributed by atoms with van der Waals surface area (Å²) in [6, 6.07) is 5.81. The molecule has 4 rings (SSSR count). The molecule has 98 valence electrons. The lowest BCUT2D eigenvalue weighted by molar-refractivity contribution is -0.978. The smallest absolute Gasteiger partial charge is 0.116 e. The molecule has 0 spiro atoms. The third kappa shape index (κ3) is 1.87. The SMILES string of the molecule is CC(C)[N+]12CCC(CCC1c1cccnc1)CC2. The molecule has 2 heteroatoms. The van der Waals surface area contributed by atoms with Crippen LogP contribution >= 0.6 is 0 Å². The number of pyridine rings is 1. The van der Waals surface area contributed by atoms with Gasteiger partial charge in [-0.1, -0.05) is 6.07 Å². The summed E-state index contributed by atoms with van der Waals surface area (Å²) >= 11 is 0. The van der Waals surface area contributed by atoms with Gasteiger partial charge in [0.1, 0.15) is 6.04 Å². The molecule has 0 radical (unpaired) electrons. The van der Waals surface area contributed by atoms with Gasteiger partial charge in [-0.2, -0.15) is 0 Å². The van der Waals surface area contributed by atoms with Gasteiger partial charge in [-0.05, 0) is 45.1 Å². The van der Waals surface area contributed by atoms with Crippen LogP contribution in [0.25, 0.3) is 0 Å². The zero-order valence-corrected chi connectivity index (χ0v) is 11.7. The van der Waals surface area contributed by atoms with Gasteiger partial charge in [-0.3, -0.25) is 4.98 Å². The van der Waals surface area contributed by atoms with Gasteiger partial charge < -0.3 is 4.48 Å². The van der Waals surface area contributed by atoms with Gasteiger partial charge in [-0.15, -0.1) is 0 Å². The molecule has 3 aliphatic heterocycles. The largest absolute Gasteiger partial charge is 0.315 e. The van der Waals surface area contributed by atoms with Crippen LogP contribution in [0.15, 0.2) is 24.5 Å². The summed E-state index contributed by atoms with van der Waals surface area (Å²) in [5, 5.41) is 0. The second kappa shape index (κ2) is 4.65. The first-order valence-electron chi connectivity index (χ1n) is 7.49. The average Bonchev–Trinajstić information content (AvgIpc) is 2.71. The van der Waals surface area contributed by atoms with Crippen molar-refractivity contribution in [2.45, 2.75) is 51.6 Å². The summed E-state index contributed by atoms with van der Waals surface area (Å²) < 4.78 is 1.31. The first-order chi connectivity index (χ1) is 8.72. The monoisotopic (exact) mass is 245 g/mol. The molecule has 2 bridgehead atoms. The molecule has 0 saturated carbocycles. The predicted octanol–water partition coefficient (Wildman–Crippen LogP) is 3.55. The van der Waals surface area contributed by atoms with Crippen molar-refractivity contribution in [3.05, 3.63) is 30.1 Å². The Kier molecular flexibility index (Phi) is 3.14. The van der Waals surface area contributed by atoms with Crippen molar-refractivity contribution < 1.29 is 4.48 Å². The first kappa shape index (κ1) is 12.2. The van der Waals surface area contributed by atoms with Crippen LogP contribution in [-0.2, 0) is 0 Å². The van der Waals surface area contributed by atoms with E-state index in [-0.39, 0.29) is 0 Å². The molecule has 1 aromatic heterocycles. The predicted molar refractivity (Wildman–Crippen MR) is 74.1 cm³/mol. The van der Waals surface area contributed by atoms with Crippen LogP contribution in [0.5, 0.6) is 0 Å². The number of nitrogens with zero attached hydrogens (tertiary/aromatic N) is 2. The summed E-state index contributed by atoms with van der Waals surface area (Å²) in [6.45, 7) is 7.58. The van der Waals surface area contributed by atoms with Crippen LogP contribution < -0.4 is 0 Å². The lowest BCUT2D eigenvalue weighted by atomic mass is 9.94. The second-order valence-electron chi connectivity index (χ2n) is 6.47. The highest BCUT2D eigenvalue weighted by atomic mass is 15.4. The highest BCUT2D eigenvalue weighted by Gasteiger charge is 2.46. The van der Waals surface area contributed by atoms with Gasteiger partial charge in [0.2, 0.25) is 0 Å². The molecule has 4 heterocycles. The van der Waals surface area contributed by atoms with Crippen molar-refractivity contribution in [2.75, 3.05) is 13.1 Å². The Hall–Kier alpha value is -0.890. The summed E-state index contributed by atoms with van der Waals surface area (Å²) in [4.78, 5) is 4.35. The molecule has 0 N–H and O–H groups in total. The molecule has 3 aliphatic rings. The number of hydrogen-bond donors (Lipinski definition) is 0. The Balaban J connectivity index is 2.00. The second-order valence-corrected chi connectivity index (χ2v) is 6.47. The van der Waals surface area contributed by atoms with Gasteiger partial charge >= 0.3 is 0 Å². The minimum Gasteiger partial charge on any atom is -0.315 e. The molecule has 1 atom stereocenters. The van der Waals surface area contributed by atoms with Crippen molar-refractivity contribution in [2.24, 2.45) is 5.92 Å². The maximum atomic E-state index is 4.35. The van der Waals surface area contributed by atoms with Crippen LogP contribution in [0.3, 0.4) is 0 Å². The van der Waals surface area contributed by atoms with Crippen LogP contribution in [-0.4, -0.2) is 28.6 Å². The quantitative estimate of drug-likeness (QED) is 0.726. The molecule has 3 fully saturated rings. The Bertz CT molecular complexity index is 391. The zero-order valence-electron chi connectivity index (χ0n) is 11.7. The average molecular weight is 245 g/mol. The molecule has 0 aliphatic carbocycles. The van der Waals surface area contributed by atoms with Crippen molar-refractivity contribution in [1.82, 2.24) is 4.98 Å². The summed E-state index contributed by atoms with van der Waals surface area (Å²) in [7, 11) is 0. The highest BCUT2D eigenvalue weighted by Crippen LogP contribution is 2.45.